The van der Waals surface area contributed by atoms with Crippen molar-refractivity contribution in [3.63, 3.8) is 0 Å². The number of benzene rings is 2. The van der Waals surface area contributed by atoms with E-state index < -0.39 is 0 Å². The molecular formula is C21H25FN2O2. The highest BCUT2D eigenvalue weighted by atomic mass is 19.1. The lowest BCUT2D eigenvalue weighted by atomic mass is 9.95. The number of amides is 1. The van der Waals surface area contributed by atoms with Crippen molar-refractivity contribution in [3.05, 3.63) is 65.5 Å². The monoisotopic (exact) mass is 356 g/mol. The van der Waals surface area contributed by atoms with E-state index in [2.05, 4.69) is 12.2 Å². The Bertz CT molecular complexity index is 748. The third-order valence-corrected chi connectivity index (χ3v) is 4.96. The standard InChI is InChI=1S/C21H25FN2O2/c1-15(16-6-8-19(26-2)9-7-16)12-21(25)24-11-10-23-14-20(24)17-4-3-5-18(22)13-17/h3-9,13,15,20,23H,10-12,14H2,1-2H3. The second kappa shape index (κ2) is 8.32. The van der Waals surface area contributed by atoms with Gasteiger partial charge in [0.25, 0.3) is 0 Å². The summed E-state index contributed by atoms with van der Waals surface area (Å²) in [6.45, 7) is 4.09. The summed E-state index contributed by atoms with van der Waals surface area (Å²) in [5.74, 6) is 0.744. The van der Waals surface area contributed by atoms with Crippen molar-refractivity contribution in [1.82, 2.24) is 10.2 Å². The molecule has 1 heterocycles. The van der Waals surface area contributed by atoms with E-state index >= 15 is 0 Å². The zero-order valence-corrected chi connectivity index (χ0v) is 15.2. The molecule has 0 saturated carbocycles. The Hall–Kier alpha value is -2.40. The van der Waals surface area contributed by atoms with Gasteiger partial charge in [-0.25, -0.2) is 4.39 Å². The number of methoxy groups -OCH3 is 1. The second-order valence-corrected chi connectivity index (χ2v) is 6.74. The molecule has 2 aromatic carbocycles. The Morgan fingerprint density at radius 3 is 2.77 bits per heavy atom. The van der Waals surface area contributed by atoms with Gasteiger partial charge in [-0.05, 0) is 41.3 Å². The summed E-state index contributed by atoms with van der Waals surface area (Å²) in [5.41, 5.74) is 1.94. The number of ether oxygens (including phenoxy) is 1. The maximum Gasteiger partial charge on any atom is 0.223 e. The van der Waals surface area contributed by atoms with Crippen LogP contribution >= 0.6 is 0 Å². The summed E-state index contributed by atoms with van der Waals surface area (Å²) in [6, 6.07) is 14.2. The fraction of sp³-hybridized carbons (Fsp3) is 0.381. The normalized spacial score (nSPS) is 18.4. The van der Waals surface area contributed by atoms with Gasteiger partial charge < -0.3 is 15.0 Å². The minimum Gasteiger partial charge on any atom is -0.497 e. The van der Waals surface area contributed by atoms with Crippen LogP contribution in [0, 0.1) is 5.82 Å². The minimum absolute atomic E-state index is 0.101. The molecule has 0 radical (unpaired) electrons. The van der Waals surface area contributed by atoms with Gasteiger partial charge in [-0.2, -0.15) is 0 Å². The van der Waals surface area contributed by atoms with Crippen molar-refractivity contribution in [2.45, 2.75) is 25.3 Å². The molecule has 0 aromatic heterocycles. The van der Waals surface area contributed by atoms with E-state index in [-0.39, 0.29) is 23.7 Å². The number of carbonyl (C=O) groups excluding carboxylic acids is 1. The molecule has 2 unspecified atom stereocenters. The molecule has 1 aliphatic heterocycles. The van der Waals surface area contributed by atoms with E-state index in [1.54, 1.807) is 13.2 Å². The smallest absolute Gasteiger partial charge is 0.223 e. The Morgan fingerprint density at radius 1 is 1.31 bits per heavy atom. The average molecular weight is 356 g/mol. The number of piperazine rings is 1. The van der Waals surface area contributed by atoms with E-state index in [4.69, 9.17) is 4.74 Å². The van der Waals surface area contributed by atoms with Crippen LogP contribution in [0.25, 0.3) is 0 Å². The van der Waals surface area contributed by atoms with Gasteiger partial charge in [-0.3, -0.25) is 4.79 Å². The van der Waals surface area contributed by atoms with Crippen molar-refractivity contribution in [2.24, 2.45) is 0 Å². The third-order valence-electron chi connectivity index (χ3n) is 4.96. The van der Waals surface area contributed by atoms with Crippen LogP contribution in [0.2, 0.25) is 0 Å². The Morgan fingerprint density at radius 2 is 2.08 bits per heavy atom. The minimum atomic E-state index is -0.271. The van der Waals surface area contributed by atoms with Crippen LogP contribution in [-0.4, -0.2) is 37.6 Å². The van der Waals surface area contributed by atoms with Gasteiger partial charge in [0.2, 0.25) is 5.91 Å². The molecule has 1 N–H and O–H groups in total. The molecule has 0 spiro atoms. The summed E-state index contributed by atoms with van der Waals surface area (Å²) in [5, 5.41) is 3.31. The zero-order valence-electron chi connectivity index (χ0n) is 15.2. The first-order valence-electron chi connectivity index (χ1n) is 8.98. The highest BCUT2D eigenvalue weighted by molar-refractivity contribution is 5.78. The van der Waals surface area contributed by atoms with E-state index in [0.29, 0.717) is 19.5 Å². The summed E-state index contributed by atoms with van der Waals surface area (Å²) in [6.07, 6.45) is 0.429. The topological polar surface area (TPSA) is 41.6 Å². The molecular weight excluding hydrogens is 331 g/mol. The van der Waals surface area contributed by atoms with Crippen LogP contribution < -0.4 is 10.1 Å². The van der Waals surface area contributed by atoms with E-state index in [1.165, 1.54) is 12.1 Å². The number of halogens is 1. The van der Waals surface area contributed by atoms with Gasteiger partial charge in [0, 0.05) is 26.1 Å². The molecule has 2 atom stereocenters. The molecule has 138 valence electrons. The average Bonchev–Trinajstić information content (AvgIpc) is 2.68. The van der Waals surface area contributed by atoms with Crippen molar-refractivity contribution in [1.29, 1.82) is 0 Å². The van der Waals surface area contributed by atoms with Crippen molar-refractivity contribution < 1.29 is 13.9 Å². The maximum absolute atomic E-state index is 13.6. The maximum atomic E-state index is 13.6. The highest BCUT2D eigenvalue weighted by Crippen LogP contribution is 2.27. The summed E-state index contributed by atoms with van der Waals surface area (Å²) < 4.78 is 18.8. The van der Waals surface area contributed by atoms with Gasteiger partial charge in [0.15, 0.2) is 0 Å². The Kier molecular flexibility index (Phi) is 5.89. The first-order valence-corrected chi connectivity index (χ1v) is 8.98. The van der Waals surface area contributed by atoms with Crippen LogP contribution in [0.1, 0.15) is 36.4 Å². The summed E-state index contributed by atoms with van der Waals surface area (Å²) in [4.78, 5) is 14.8. The lowest BCUT2D eigenvalue weighted by molar-refractivity contribution is -0.134. The van der Waals surface area contributed by atoms with Crippen LogP contribution in [0.3, 0.4) is 0 Å². The van der Waals surface area contributed by atoms with E-state index in [0.717, 1.165) is 23.4 Å². The predicted molar refractivity (Wildman–Crippen MR) is 99.7 cm³/mol. The SMILES string of the molecule is COc1ccc(C(C)CC(=O)N2CCNCC2c2cccc(F)c2)cc1. The molecule has 1 fully saturated rings. The van der Waals surface area contributed by atoms with Crippen LogP contribution in [0.5, 0.6) is 5.75 Å². The Labute approximate surface area is 154 Å². The fourth-order valence-electron chi connectivity index (χ4n) is 3.44. The number of carbonyl (C=O) groups is 1. The first kappa shape index (κ1) is 18.4. The van der Waals surface area contributed by atoms with Crippen molar-refractivity contribution in [3.8, 4) is 5.75 Å². The molecule has 1 saturated heterocycles. The third kappa shape index (κ3) is 4.22. The molecule has 1 amide bonds. The molecule has 0 bridgehead atoms. The largest absolute Gasteiger partial charge is 0.497 e. The lowest BCUT2D eigenvalue weighted by Gasteiger charge is -2.37. The predicted octanol–water partition coefficient (Wildman–Crippen LogP) is 3.50. The van der Waals surface area contributed by atoms with Crippen LogP contribution in [-0.2, 0) is 4.79 Å². The van der Waals surface area contributed by atoms with Gasteiger partial charge in [0.05, 0.1) is 13.2 Å². The molecule has 5 heteroatoms. The summed E-state index contributed by atoms with van der Waals surface area (Å²) >= 11 is 0. The van der Waals surface area contributed by atoms with Crippen LogP contribution in [0.4, 0.5) is 4.39 Å². The highest BCUT2D eigenvalue weighted by Gasteiger charge is 2.29. The van der Waals surface area contributed by atoms with Gasteiger partial charge in [-0.1, -0.05) is 31.2 Å². The fourth-order valence-corrected chi connectivity index (χ4v) is 3.44. The Balaban J connectivity index is 1.71. The molecule has 26 heavy (non-hydrogen) atoms. The van der Waals surface area contributed by atoms with Gasteiger partial charge in [0.1, 0.15) is 11.6 Å². The van der Waals surface area contributed by atoms with Gasteiger partial charge >= 0.3 is 0 Å². The zero-order chi connectivity index (χ0) is 18.5. The van der Waals surface area contributed by atoms with Gasteiger partial charge in [-0.15, -0.1) is 0 Å². The molecule has 3 rings (SSSR count). The quantitative estimate of drug-likeness (QED) is 0.891. The number of hydrogen-bond donors (Lipinski definition) is 1. The van der Waals surface area contributed by atoms with Crippen molar-refractivity contribution in [2.75, 3.05) is 26.7 Å². The second-order valence-electron chi connectivity index (χ2n) is 6.74. The van der Waals surface area contributed by atoms with Crippen LogP contribution in [0.15, 0.2) is 48.5 Å². The molecule has 2 aromatic rings. The van der Waals surface area contributed by atoms with E-state index in [9.17, 15) is 9.18 Å². The van der Waals surface area contributed by atoms with Crippen molar-refractivity contribution >= 4 is 5.91 Å². The molecule has 1 aliphatic rings. The molecule has 4 nitrogen and oxygen atoms in total. The lowest BCUT2D eigenvalue weighted by Crippen LogP contribution is -2.48. The molecule has 0 aliphatic carbocycles. The first-order chi connectivity index (χ1) is 12.6. The number of nitrogens with one attached hydrogen (secondary N) is 1. The van der Waals surface area contributed by atoms with E-state index in [1.807, 2.05) is 35.2 Å². The summed E-state index contributed by atoms with van der Waals surface area (Å²) in [7, 11) is 1.64. The number of rotatable bonds is 5. The number of hydrogen-bond acceptors (Lipinski definition) is 3. The number of nitrogens with zero attached hydrogens (tertiary/aromatic N) is 1.